The van der Waals surface area contributed by atoms with E-state index in [2.05, 4.69) is 94.3 Å². The molecule has 1 aliphatic carbocycles. The minimum absolute atomic E-state index is 0. The molecule has 4 unspecified atom stereocenters. The van der Waals surface area contributed by atoms with Crippen LogP contribution in [0.5, 0.6) is 0 Å². The van der Waals surface area contributed by atoms with Crippen LogP contribution in [0.1, 0.15) is 118 Å². The molecule has 61 heavy (non-hydrogen) atoms. The SMILES string of the molecule is C#CC#CC#CC#CC#CC#CC#CC#CC(=O)OC[C@H](COP(=O)(O)OC1C(O)[C@@H](OP(=O)(O)O)C(O)[C@@H](O)[C@H]1O)OC(=O)CCCCCCCCCCCCCCC.S.[HH].[HH].[HH].[HH].[HH].[HH].[HH].[HH].[HH].[HH].[HH].[HH].[HH].[HH].[HH]. The summed E-state index contributed by atoms with van der Waals surface area (Å²) in [4.78, 5) is 53.6. The van der Waals surface area contributed by atoms with E-state index in [0.717, 1.165) is 32.1 Å². The number of unbranched alkanes of at least 4 members (excludes halogenated alkanes) is 12. The zero-order valence-corrected chi connectivity index (χ0v) is 36.4. The second-order valence-corrected chi connectivity index (χ2v) is 15.6. The molecular weight excluding hydrogens is 854 g/mol. The van der Waals surface area contributed by atoms with Gasteiger partial charge in [-0.2, -0.15) is 13.5 Å². The molecule has 0 radical (unpaired) electrons. The molecule has 362 valence electrons. The Morgan fingerprint density at radius 2 is 1.03 bits per heavy atom. The zero-order chi connectivity index (χ0) is 44.7. The van der Waals surface area contributed by atoms with Gasteiger partial charge in [0.2, 0.25) is 0 Å². The van der Waals surface area contributed by atoms with Gasteiger partial charge in [0.25, 0.3) is 0 Å². The first kappa shape index (κ1) is 56.8. The number of hydrogen-bond donors (Lipinski definition) is 7. The zero-order valence-electron chi connectivity index (χ0n) is 33.6. The number of esters is 2. The fourth-order valence-corrected chi connectivity index (χ4v) is 6.81. The van der Waals surface area contributed by atoms with Gasteiger partial charge in [0.15, 0.2) is 6.10 Å². The van der Waals surface area contributed by atoms with Gasteiger partial charge in [-0.25, -0.2) is 13.9 Å². The van der Waals surface area contributed by atoms with Crippen molar-refractivity contribution >= 4 is 41.1 Å². The lowest BCUT2D eigenvalue weighted by Gasteiger charge is -2.43. The molecule has 0 spiro atoms. The Morgan fingerprint density at radius 3 is 1.49 bits per heavy atom. The first-order chi connectivity index (χ1) is 28.6. The van der Waals surface area contributed by atoms with E-state index in [1.54, 1.807) is 0 Å². The maximum atomic E-state index is 12.9. The average molecular weight is 937 g/mol. The van der Waals surface area contributed by atoms with E-state index in [1.165, 1.54) is 44.9 Å². The molecule has 0 bridgehead atoms. The Hall–Kier alpha value is -4.17. The lowest BCUT2D eigenvalue weighted by Crippen LogP contribution is -2.64. The van der Waals surface area contributed by atoms with Crippen LogP contribution >= 0.6 is 29.1 Å². The summed E-state index contributed by atoms with van der Waals surface area (Å²) in [7, 11) is -10.8. The molecule has 0 aromatic rings. The van der Waals surface area contributed by atoms with E-state index in [9.17, 15) is 44.0 Å². The van der Waals surface area contributed by atoms with Crippen LogP contribution in [-0.2, 0) is 41.8 Å². The van der Waals surface area contributed by atoms with E-state index < -0.39 is 83.5 Å². The summed E-state index contributed by atoms with van der Waals surface area (Å²) in [5, 5.41) is 41.0. The lowest BCUT2D eigenvalue weighted by atomic mass is 9.85. The summed E-state index contributed by atoms with van der Waals surface area (Å²) in [5.41, 5.74) is 0. The maximum Gasteiger partial charge on any atom is 0.472 e. The fourth-order valence-electron chi connectivity index (χ4n) is 5.27. The molecule has 0 amide bonds. The summed E-state index contributed by atoms with van der Waals surface area (Å²) >= 11 is 0. The molecule has 1 rings (SSSR count). The largest absolute Gasteiger partial charge is 0.472 e. The number of ether oxygens (including phenoxy) is 2. The van der Waals surface area contributed by atoms with Gasteiger partial charge in [-0.15, -0.1) is 6.42 Å². The molecule has 16 nitrogen and oxygen atoms in total. The number of phosphoric ester groups is 2. The van der Waals surface area contributed by atoms with Crippen molar-refractivity contribution in [1.29, 1.82) is 0 Å². The van der Waals surface area contributed by atoms with Crippen molar-refractivity contribution in [1.82, 2.24) is 0 Å². The number of rotatable bonds is 24. The van der Waals surface area contributed by atoms with Crippen molar-refractivity contribution < 1.29 is 98.3 Å². The molecule has 19 heteroatoms. The van der Waals surface area contributed by atoms with E-state index >= 15 is 0 Å². The molecular formula is C42H82O16P2S. The summed E-state index contributed by atoms with van der Waals surface area (Å²) in [6.07, 6.45) is 3.74. The summed E-state index contributed by atoms with van der Waals surface area (Å²) < 4.78 is 48.5. The summed E-state index contributed by atoms with van der Waals surface area (Å²) in [5.74, 6) is 32.8. The molecule has 0 aromatic carbocycles. The van der Waals surface area contributed by atoms with E-state index in [1.807, 2.05) is 5.92 Å². The van der Waals surface area contributed by atoms with Gasteiger partial charge < -0.3 is 44.6 Å². The predicted molar refractivity (Wildman–Crippen MR) is 258 cm³/mol. The van der Waals surface area contributed by atoms with Crippen molar-refractivity contribution in [3.8, 4) is 95.2 Å². The normalized spacial score (nSPS) is 20.0. The fraction of sp³-hybridized carbons (Fsp3) is 0.571. The van der Waals surface area contributed by atoms with Crippen LogP contribution in [0.3, 0.4) is 0 Å². The molecule has 1 aliphatic rings. The average Bonchev–Trinajstić information content (AvgIpc) is 3.20. The topological polar surface area (TPSA) is 256 Å². The van der Waals surface area contributed by atoms with E-state index in [-0.39, 0.29) is 41.3 Å². The van der Waals surface area contributed by atoms with Gasteiger partial charge in [-0.3, -0.25) is 18.4 Å². The van der Waals surface area contributed by atoms with Crippen LogP contribution in [0, 0.1) is 95.2 Å². The Labute approximate surface area is 387 Å². The smallest absolute Gasteiger partial charge is 0.456 e. The molecule has 8 atom stereocenters. The van der Waals surface area contributed by atoms with Crippen LogP contribution < -0.4 is 0 Å². The number of aliphatic hydroxyl groups is 4. The Morgan fingerprint density at radius 1 is 0.607 bits per heavy atom. The quantitative estimate of drug-likeness (QED) is 0.0198. The molecule has 1 saturated carbocycles. The van der Waals surface area contributed by atoms with Crippen molar-refractivity contribution in [2.75, 3.05) is 13.2 Å². The Kier molecular flexibility index (Phi) is 31.2. The Bertz CT molecular complexity index is 2040. The molecule has 1 fully saturated rings. The van der Waals surface area contributed by atoms with Crippen molar-refractivity contribution in [2.24, 2.45) is 0 Å². The van der Waals surface area contributed by atoms with Gasteiger partial charge >= 0.3 is 27.6 Å². The molecule has 7 N–H and O–H groups in total. The number of phosphoric acid groups is 2. The number of carbonyl (C=O) groups excluding carboxylic acids is 2. The summed E-state index contributed by atoms with van der Waals surface area (Å²) in [6.45, 7) is 0.497. The molecule has 0 aliphatic heterocycles. The highest BCUT2D eigenvalue weighted by Crippen LogP contribution is 2.49. The molecule has 0 heterocycles. The van der Waals surface area contributed by atoms with Gasteiger partial charge in [-0.1, -0.05) is 84.0 Å². The molecule has 0 aromatic heterocycles. The van der Waals surface area contributed by atoms with Crippen LogP contribution in [0.2, 0.25) is 0 Å². The number of carbonyl (C=O) groups is 2. The van der Waals surface area contributed by atoms with Crippen molar-refractivity contribution in [2.45, 2.75) is 140 Å². The van der Waals surface area contributed by atoms with Gasteiger partial charge in [0.05, 0.1) is 6.61 Å². The third-order valence-electron chi connectivity index (χ3n) is 8.15. The van der Waals surface area contributed by atoms with Crippen LogP contribution in [0.15, 0.2) is 0 Å². The minimum atomic E-state index is -5.40. The summed E-state index contributed by atoms with van der Waals surface area (Å²) in [6, 6.07) is 0. The Balaban J connectivity index is -0.000000161. The monoisotopic (exact) mass is 936 g/mol. The predicted octanol–water partition coefficient (Wildman–Crippen LogP) is 5.82. The number of terminal acetylenes is 1. The van der Waals surface area contributed by atoms with E-state index in [0.29, 0.717) is 6.42 Å². The third kappa shape index (κ3) is 28.1. The maximum absolute atomic E-state index is 12.9. The highest BCUT2D eigenvalue weighted by molar-refractivity contribution is 7.59. The highest BCUT2D eigenvalue weighted by Gasteiger charge is 2.54. The first-order valence-electron chi connectivity index (χ1n) is 19.1. The van der Waals surface area contributed by atoms with Gasteiger partial charge in [-0.05, 0) is 89.3 Å². The van der Waals surface area contributed by atoms with Crippen LogP contribution in [0.25, 0.3) is 0 Å². The second kappa shape index (κ2) is 33.5. The van der Waals surface area contributed by atoms with Crippen LogP contribution in [-0.4, -0.2) is 103 Å². The van der Waals surface area contributed by atoms with Gasteiger partial charge in [0.1, 0.15) is 43.2 Å². The standard InChI is InChI=1S/C42H50O16P2.H2S.15H2/c1-3-5-7-9-11-13-15-17-19-20-22-24-26-28-30-35(43)54-32-34(56-36(44)31-29-27-25-23-21-18-16-14-12-10-8-6-4-2)33-55-60(52,53)58-42-39(47)37(45)38(46)41(40(42)48)57-59(49,50)51;;;;;;;;;;;;;;;;/h1,34,37-42,45-48H,4,6,8,10,12,14,16,18,21,23,25,27,29,31-33H2,2H3,(H,52,53)(H2,49,50,51);1H2;15*1H/t34-,37-,38?,39-,40?,41+,42?;;;;;;;;;;;;;;;;/m1................/s1. The van der Waals surface area contributed by atoms with Crippen molar-refractivity contribution in [3.63, 3.8) is 0 Å². The van der Waals surface area contributed by atoms with Gasteiger partial charge in [0, 0.05) is 33.7 Å². The van der Waals surface area contributed by atoms with Crippen LogP contribution in [0.4, 0.5) is 0 Å². The lowest BCUT2D eigenvalue weighted by molar-refractivity contribution is -0.216. The highest BCUT2D eigenvalue weighted by atomic mass is 32.1. The number of aliphatic hydroxyl groups excluding tert-OH is 4. The second-order valence-electron chi connectivity index (χ2n) is 13.0. The van der Waals surface area contributed by atoms with E-state index in [4.69, 9.17) is 34.7 Å². The third-order valence-corrected chi connectivity index (χ3v) is 9.66. The number of hydrogen-bond acceptors (Lipinski definition) is 13. The first-order valence-corrected chi connectivity index (χ1v) is 22.1. The van der Waals surface area contributed by atoms with Crippen molar-refractivity contribution in [3.05, 3.63) is 0 Å². The molecule has 0 saturated heterocycles. The minimum Gasteiger partial charge on any atom is -0.456 e.